The van der Waals surface area contributed by atoms with E-state index in [4.69, 9.17) is 20.8 Å². The Morgan fingerprint density at radius 1 is 1.03 bits per heavy atom. The van der Waals surface area contributed by atoms with Crippen LogP contribution >= 0.6 is 11.6 Å². The Bertz CT molecular complexity index is 1340. The average molecular weight is 432 g/mol. The van der Waals surface area contributed by atoms with Crippen LogP contribution in [0, 0.1) is 13.8 Å². The first-order chi connectivity index (χ1) is 15.0. The van der Waals surface area contributed by atoms with Crippen molar-refractivity contribution in [2.75, 3.05) is 11.6 Å². The SMILES string of the molecule is Cc1ccc(Cl)cc1N1COc2ccc3c(C)c(Cc4ccccc4)c(=O)oc3c2C1. The van der Waals surface area contributed by atoms with E-state index in [2.05, 4.69) is 4.90 Å². The molecule has 0 bridgehead atoms. The molecule has 0 radical (unpaired) electrons. The minimum Gasteiger partial charge on any atom is -0.473 e. The van der Waals surface area contributed by atoms with Crippen LogP contribution in [0.4, 0.5) is 5.69 Å². The summed E-state index contributed by atoms with van der Waals surface area (Å²) in [4.78, 5) is 15.1. The predicted molar refractivity (Wildman–Crippen MR) is 124 cm³/mol. The number of rotatable bonds is 3. The molecular weight excluding hydrogens is 410 g/mol. The molecule has 4 aromatic rings. The molecule has 0 amide bonds. The maximum Gasteiger partial charge on any atom is 0.340 e. The molecule has 0 unspecified atom stereocenters. The molecule has 0 spiro atoms. The average Bonchev–Trinajstić information content (AvgIpc) is 2.78. The van der Waals surface area contributed by atoms with Gasteiger partial charge in [-0.2, -0.15) is 0 Å². The summed E-state index contributed by atoms with van der Waals surface area (Å²) in [6.07, 6.45) is 0.548. The van der Waals surface area contributed by atoms with Crippen LogP contribution in [0.1, 0.15) is 27.8 Å². The first kappa shape index (κ1) is 19.7. The van der Waals surface area contributed by atoms with Gasteiger partial charge in [-0.1, -0.05) is 48.0 Å². The highest BCUT2D eigenvalue weighted by Gasteiger charge is 2.24. The highest BCUT2D eigenvalue weighted by molar-refractivity contribution is 6.30. The van der Waals surface area contributed by atoms with Crippen molar-refractivity contribution in [1.29, 1.82) is 0 Å². The molecule has 0 fully saturated rings. The third kappa shape index (κ3) is 3.57. The van der Waals surface area contributed by atoms with Crippen LogP contribution in [0.25, 0.3) is 11.0 Å². The molecule has 0 atom stereocenters. The van der Waals surface area contributed by atoms with Crippen LogP contribution in [0.3, 0.4) is 0 Å². The number of halogens is 1. The van der Waals surface area contributed by atoms with Crippen LogP contribution in [0.2, 0.25) is 5.02 Å². The zero-order chi connectivity index (χ0) is 21.5. The molecule has 5 rings (SSSR count). The number of nitrogens with zero attached hydrogens (tertiary/aromatic N) is 1. The van der Waals surface area contributed by atoms with E-state index in [9.17, 15) is 4.79 Å². The van der Waals surface area contributed by atoms with E-state index in [0.29, 0.717) is 35.9 Å². The van der Waals surface area contributed by atoms with Crippen LogP contribution in [-0.2, 0) is 13.0 Å². The van der Waals surface area contributed by atoms with Crippen molar-refractivity contribution in [3.8, 4) is 5.75 Å². The number of aryl methyl sites for hydroxylation is 2. The summed E-state index contributed by atoms with van der Waals surface area (Å²) in [6, 6.07) is 19.8. The number of hydrogen-bond donors (Lipinski definition) is 0. The smallest absolute Gasteiger partial charge is 0.340 e. The summed E-state index contributed by atoms with van der Waals surface area (Å²) in [5, 5.41) is 1.62. The molecule has 0 N–H and O–H groups in total. The molecule has 3 aromatic carbocycles. The fourth-order valence-electron chi connectivity index (χ4n) is 4.24. The Balaban J connectivity index is 1.59. The largest absolute Gasteiger partial charge is 0.473 e. The van der Waals surface area contributed by atoms with Gasteiger partial charge in [0.25, 0.3) is 0 Å². The van der Waals surface area contributed by atoms with Crippen molar-refractivity contribution in [2.45, 2.75) is 26.8 Å². The van der Waals surface area contributed by atoms with Crippen LogP contribution in [0.5, 0.6) is 5.75 Å². The molecule has 0 saturated carbocycles. The number of hydrogen-bond acceptors (Lipinski definition) is 4. The Labute approximate surface area is 185 Å². The quantitative estimate of drug-likeness (QED) is 0.372. The lowest BCUT2D eigenvalue weighted by Gasteiger charge is -2.32. The van der Waals surface area contributed by atoms with Gasteiger partial charge >= 0.3 is 5.63 Å². The van der Waals surface area contributed by atoms with Crippen molar-refractivity contribution < 1.29 is 9.15 Å². The van der Waals surface area contributed by atoms with E-state index in [1.807, 2.05) is 74.5 Å². The van der Waals surface area contributed by atoms with Gasteiger partial charge in [0.05, 0.1) is 12.1 Å². The number of fused-ring (bicyclic) bond motifs is 3. The Morgan fingerprint density at radius 2 is 1.84 bits per heavy atom. The maximum atomic E-state index is 13.0. The lowest BCUT2D eigenvalue weighted by molar-refractivity contribution is 0.289. The second-order valence-electron chi connectivity index (χ2n) is 7.98. The van der Waals surface area contributed by atoms with Crippen molar-refractivity contribution in [1.82, 2.24) is 0 Å². The molecule has 4 nitrogen and oxygen atoms in total. The van der Waals surface area contributed by atoms with E-state index >= 15 is 0 Å². The van der Waals surface area contributed by atoms with Gasteiger partial charge in [-0.25, -0.2) is 4.79 Å². The summed E-state index contributed by atoms with van der Waals surface area (Å²) in [7, 11) is 0. The lowest BCUT2D eigenvalue weighted by Crippen LogP contribution is -2.32. The third-order valence-electron chi connectivity index (χ3n) is 5.98. The van der Waals surface area contributed by atoms with E-state index < -0.39 is 0 Å². The molecule has 31 heavy (non-hydrogen) atoms. The summed E-state index contributed by atoms with van der Waals surface area (Å²) in [5.74, 6) is 0.752. The zero-order valence-electron chi connectivity index (χ0n) is 17.4. The Morgan fingerprint density at radius 3 is 2.65 bits per heavy atom. The van der Waals surface area contributed by atoms with E-state index in [1.165, 1.54) is 0 Å². The van der Waals surface area contributed by atoms with Gasteiger partial charge in [0.2, 0.25) is 0 Å². The molecule has 1 aliphatic heterocycles. The van der Waals surface area contributed by atoms with Gasteiger partial charge in [0.15, 0.2) is 6.73 Å². The predicted octanol–water partition coefficient (Wildman–Crippen LogP) is 6.01. The van der Waals surface area contributed by atoms with Gasteiger partial charge in [0, 0.05) is 28.1 Å². The zero-order valence-corrected chi connectivity index (χ0v) is 18.2. The van der Waals surface area contributed by atoms with E-state index in [1.54, 1.807) is 0 Å². The molecule has 0 saturated heterocycles. The number of anilines is 1. The second kappa shape index (κ2) is 7.78. The highest BCUT2D eigenvalue weighted by Crippen LogP contribution is 2.36. The minimum atomic E-state index is -0.293. The Hall–Kier alpha value is -3.24. The third-order valence-corrected chi connectivity index (χ3v) is 6.21. The monoisotopic (exact) mass is 431 g/mol. The first-order valence-corrected chi connectivity index (χ1v) is 10.6. The fourth-order valence-corrected chi connectivity index (χ4v) is 4.41. The van der Waals surface area contributed by atoms with Crippen molar-refractivity contribution in [3.63, 3.8) is 0 Å². The van der Waals surface area contributed by atoms with Crippen LogP contribution in [-0.4, -0.2) is 6.73 Å². The van der Waals surface area contributed by atoms with Crippen LogP contribution in [0.15, 0.2) is 69.9 Å². The van der Waals surface area contributed by atoms with Gasteiger partial charge in [-0.05, 0) is 54.8 Å². The minimum absolute atomic E-state index is 0.293. The molecule has 0 aliphatic carbocycles. The van der Waals surface area contributed by atoms with Crippen molar-refractivity contribution in [2.24, 2.45) is 0 Å². The number of ether oxygens (including phenoxy) is 1. The Kier molecular flexibility index (Phi) is 4.95. The molecule has 1 aliphatic rings. The first-order valence-electron chi connectivity index (χ1n) is 10.3. The standard InChI is InChI=1S/C26H22ClNO3/c1-16-8-9-19(27)13-23(16)28-14-22-24(30-15-28)11-10-20-17(2)21(26(29)31-25(20)22)12-18-6-4-3-5-7-18/h3-11,13H,12,14-15H2,1-2H3. The lowest BCUT2D eigenvalue weighted by atomic mass is 9.97. The van der Waals surface area contributed by atoms with E-state index in [0.717, 1.165) is 39.1 Å². The summed E-state index contributed by atoms with van der Waals surface area (Å²) >= 11 is 6.23. The number of benzene rings is 3. The van der Waals surface area contributed by atoms with E-state index in [-0.39, 0.29) is 5.63 Å². The summed E-state index contributed by atoms with van der Waals surface area (Å²) in [6.45, 7) is 5.03. The maximum absolute atomic E-state index is 13.0. The van der Waals surface area contributed by atoms with Gasteiger partial charge in [-0.3, -0.25) is 0 Å². The topological polar surface area (TPSA) is 42.7 Å². The van der Waals surface area contributed by atoms with Crippen molar-refractivity contribution >= 4 is 28.3 Å². The van der Waals surface area contributed by atoms with Gasteiger partial charge < -0.3 is 14.1 Å². The molecule has 5 heteroatoms. The van der Waals surface area contributed by atoms with Crippen LogP contribution < -0.4 is 15.3 Å². The summed E-state index contributed by atoms with van der Waals surface area (Å²) < 4.78 is 11.9. The van der Waals surface area contributed by atoms with Gasteiger partial charge in [0.1, 0.15) is 11.3 Å². The normalized spacial score (nSPS) is 13.2. The van der Waals surface area contributed by atoms with Crippen molar-refractivity contribution in [3.05, 3.63) is 104 Å². The molecule has 156 valence electrons. The van der Waals surface area contributed by atoms with Gasteiger partial charge in [-0.15, -0.1) is 0 Å². The molecule has 1 aromatic heterocycles. The second-order valence-corrected chi connectivity index (χ2v) is 8.41. The molecular formula is C26H22ClNO3. The molecule has 2 heterocycles. The fraction of sp³-hybridized carbons (Fsp3) is 0.192. The highest BCUT2D eigenvalue weighted by atomic mass is 35.5. The summed E-state index contributed by atoms with van der Waals surface area (Å²) in [5.41, 5.74) is 6.04.